The number of hydrogen-bond donors (Lipinski definition) is 0. The van der Waals surface area contributed by atoms with Crippen molar-refractivity contribution in [2.75, 3.05) is 0 Å². The number of aromatic nitrogens is 1. The molecule has 0 unspecified atom stereocenters. The van der Waals surface area contributed by atoms with E-state index in [2.05, 4.69) is 4.98 Å². The van der Waals surface area contributed by atoms with Gasteiger partial charge < -0.3 is 4.74 Å². The Labute approximate surface area is 119 Å². The van der Waals surface area contributed by atoms with E-state index >= 15 is 0 Å². The quantitative estimate of drug-likeness (QED) is 0.773. The first-order valence-electron chi connectivity index (χ1n) is 6.62. The molecule has 0 saturated heterocycles. The molecule has 0 fully saturated rings. The molecule has 2 rings (SSSR count). The Balaban J connectivity index is 2.23. The summed E-state index contributed by atoms with van der Waals surface area (Å²) in [6.07, 6.45) is 1.77. The summed E-state index contributed by atoms with van der Waals surface area (Å²) in [4.78, 5) is 16.3. The number of esters is 1. The normalized spacial score (nSPS) is 11.2. The summed E-state index contributed by atoms with van der Waals surface area (Å²) in [7, 11) is 0. The number of hydrogen-bond acceptors (Lipinski definition) is 3. The first-order valence-corrected chi connectivity index (χ1v) is 6.62. The fourth-order valence-corrected chi connectivity index (χ4v) is 1.89. The molecule has 1 heterocycles. The molecule has 0 radical (unpaired) electrons. The molecular weight excluding hydrogens is 250 g/mol. The van der Waals surface area contributed by atoms with Crippen LogP contribution in [0.4, 0.5) is 0 Å². The number of aryl methyl sites for hydroxylation is 1. The number of rotatable bonds is 2. The van der Waals surface area contributed by atoms with Gasteiger partial charge in [0.15, 0.2) is 0 Å². The highest BCUT2D eigenvalue weighted by Crippen LogP contribution is 2.21. The summed E-state index contributed by atoms with van der Waals surface area (Å²) in [5.74, 6) is -0.304. The van der Waals surface area contributed by atoms with Crippen LogP contribution in [0.3, 0.4) is 0 Å². The molecule has 0 bridgehead atoms. The summed E-state index contributed by atoms with van der Waals surface area (Å²) in [6.45, 7) is 7.59. The largest absolute Gasteiger partial charge is 0.456 e. The van der Waals surface area contributed by atoms with E-state index in [0.717, 1.165) is 16.8 Å². The van der Waals surface area contributed by atoms with Crippen molar-refractivity contribution >= 4 is 5.97 Å². The Kier molecular flexibility index (Phi) is 3.89. The van der Waals surface area contributed by atoms with Crippen LogP contribution in [0.2, 0.25) is 0 Å². The molecule has 0 aliphatic carbocycles. The molecule has 2 aromatic rings. The topological polar surface area (TPSA) is 39.2 Å². The van der Waals surface area contributed by atoms with Gasteiger partial charge in [-0.05, 0) is 51.5 Å². The third kappa shape index (κ3) is 3.44. The molecule has 0 atom stereocenters. The summed E-state index contributed by atoms with van der Waals surface area (Å²) < 4.78 is 5.34. The highest BCUT2D eigenvalue weighted by Gasteiger charge is 2.17. The molecule has 1 aromatic carbocycles. The lowest BCUT2D eigenvalue weighted by Gasteiger charge is -2.19. The van der Waals surface area contributed by atoms with Crippen molar-refractivity contribution in [1.82, 2.24) is 4.98 Å². The molecule has 0 aliphatic rings. The smallest absolute Gasteiger partial charge is 0.338 e. The van der Waals surface area contributed by atoms with Crippen molar-refractivity contribution in [2.45, 2.75) is 33.3 Å². The minimum atomic E-state index is -0.479. The van der Waals surface area contributed by atoms with Crippen LogP contribution in [-0.4, -0.2) is 16.6 Å². The van der Waals surface area contributed by atoms with E-state index in [1.165, 1.54) is 0 Å². The summed E-state index contributed by atoms with van der Waals surface area (Å²) in [5.41, 5.74) is 3.11. The van der Waals surface area contributed by atoms with Crippen molar-refractivity contribution in [3.8, 4) is 11.3 Å². The number of pyridine rings is 1. The van der Waals surface area contributed by atoms with Gasteiger partial charge in [-0.1, -0.05) is 18.2 Å². The molecule has 3 nitrogen and oxygen atoms in total. The van der Waals surface area contributed by atoms with E-state index in [1.54, 1.807) is 18.3 Å². The Morgan fingerprint density at radius 3 is 2.30 bits per heavy atom. The predicted molar refractivity (Wildman–Crippen MR) is 79.6 cm³/mol. The van der Waals surface area contributed by atoms with E-state index < -0.39 is 5.60 Å². The maximum absolute atomic E-state index is 11.9. The van der Waals surface area contributed by atoms with Crippen LogP contribution in [0.15, 0.2) is 42.6 Å². The Bertz CT molecular complexity index is 610. The average Bonchev–Trinajstić information content (AvgIpc) is 2.37. The molecular formula is C17H19NO2. The maximum atomic E-state index is 11.9. The summed E-state index contributed by atoms with van der Waals surface area (Å²) >= 11 is 0. The third-order valence-corrected chi connectivity index (χ3v) is 2.80. The van der Waals surface area contributed by atoms with Gasteiger partial charge in [0.25, 0.3) is 0 Å². The zero-order chi connectivity index (χ0) is 14.8. The fraction of sp³-hybridized carbons (Fsp3) is 0.294. The number of carbonyl (C=O) groups excluding carboxylic acids is 1. The molecule has 3 heteroatoms. The van der Waals surface area contributed by atoms with E-state index in [4.69, 9.17) is 4.74 Å². The molecule has 0 aliphatic heterocycles. The monoisotopic (exact) mass is 269 g/mol. The lowest BCUT2D eigenvalue weighted by Crippen LogP contribution is -2.23. The maximum Gasteiger partial charge on any atom is 0.338 e. The minimum Gasteiger partial charge on any atom is -0.456 e. The SMILES string of the molecule is Cc1cccnc1-c1ccc(C(=O)OC(C)(C)C)cc1. The summed E-state index contributed by atoms with van der Waals surface area (Å²) in [5, 5.41) is 0. The third-order valence-electron chi connectivity index (χ3n) is 2.80. The van der Waals surface area contributed by atoms with E-state index in [9.17, 15) is 4.79 Å². The minimum absolute atomic E-state index is 0.304. The van der Waals surface area contributed by atoms with E-state index in [-0.39, 0.29) is 5.97 Å². The van der Waals surface area contributed by atoms with Gasteiger partial charge >= 0.3 is 5.97 Å². The van der Waals surface area contributed by atoms with Crippen LogP contribution in [0.1, 0.15) is 36.7 Å². The predicted octanol–water partition coefficient (Wildman–Crippen LogP) is 4.01. The average molecular weight is 269 g/mol. The van der Waals surface area contributed by atoms with E-state index in [1.807, 2.05) is 52.0 Å². The van der Waals surface area contributed by atoms with Gasteiger partial charge in [-0.3, -0.25) is 4.98 Å². The van der Waals surface area contributed by atoms with Crippen molar-refractivity contribution in [3.63, 3.8) is 0 Å². The van der Waals surface area contributed by atoms with Crippen LogP contribution >= 0.6 is 0 Å². The molecule has 20 heavy (non-hydrogen) atoms. The van der Waals surface area contributed by atoms with Crippen LogP contribution < -0.4 is 0 Å². The highest BCUT2D eigenvalue weighted by atomic mass is 16.6. The van der Waals surface area contributed by atoms with Gasteiger partial charge in [-0.2, -0.15) is 0 Å². The van der Waals surface area contributed by atoms with Gasteiger partial charge in [0.2, 0.25) is 0 Å². The van der Waals surface area contributed by atoms with Gasteiger partial charge in [-0.25, -0.2) is 4.79 Å². The van der Waals surface area contributed by atoms with Crippen LogP contribution in [0.25, 0.3) is 11.3 Å². The van der Waals surface area contributed by atoms with Gasteiger partial charge in [0, 0.05) is 11.8 Å². The second-order valence-corrected chi connectivity index (χ2v) is 5.75. The van der Waals surface area contributed by atoms with Crippen LogP contribution in [-0.2, 0) is 4.74 Å². The van der Waals surface area contributed by atoms with Crippen molar-refractivity contribution in [2.24, 2.45) is 0 Å². The van der Waals surface area contributed by atoms with Gasteiger partial charge in [0.1, 0.15) is 5.60 Å². The second-order valence-electron chi connectivity index (χ2n) is 5.75. The van der Waals surface area contributed by atoms with Crippen molar-refractivity contribution < 1.29 is 9.53 Å². The summed E-state index contributed by atoms with van der Waals surface area (Å²) in [6, 6.07) is 11.3. The first-order chi connectivity index (χ1) is 9.37. The lowest BCUT2D eigenvalue weighted by molar-refractivity contribution is 0.00696. The molecule has 0 N–H and O–H groups in total. The standard InChI is InChI=1S/C17H19NO2/c1-12-6-5-11-18-15(12)13-7-9-14(10-8-13)16(19)20-17(2,3)4/h5-11H,1-4H3. The molecule has 0 saturated carbocycles. The number of carbonyl (C=O) groups is 1. The first kappa shape index (κ1) is 14.3. The van der Waals surface area contributed by atoms with Gasteiger partial charge in [-0.15, -0.1) is 0 Å². The zero-order valence-electron chi connectivity index (χ0n) is 12.3. The lowest BCUT2D eigenvalue weighted by atomic mass is 10.0. The molecule has 104 valence electrons. The highest BCUT2D eigenvalue weighted by molar-refractivity contribution is 5.90. The molecule has 0 amide bonds. The second kappa shape index (κ2) is 5.45. The Hall–Kier alpha value is -2.16. The zero-order valence-corrected chi connectivity index (χ0v) is 12.3. The van der Waals surface area contributed by atoms with Gasteiger partial charge in [0.05, 0.1) is 11.3 Å². The fourth-order valence-electron chi connectivity index (χ4n) is 1.89. The number of ether oxygens (including phenoxy) is 1. The number of benzene rings is 1. The van der Waals surface area contributed by atoms with Crippen molar-refractivity contribution in [1.29, 1.82) is 0 Å². The number of nitrogens with zero attached hydrogens (tertiary/aromatic N) is 1. The van der Waals surface area contributed by atoms with E-state index in [0.29, 0.717) is 5.56 Å². The molecule has 0 spiro atoms. The van der Waals surface area contributed by atoms with Crippen LogP contribution in [0.5, 0.6) is 0 Å². The Morgan fingerprint density at radius 2 is 1.75 bits per heavy atom. The Morgan fingerprint density at radius 1 is 1.10 bits per heavy atom. The molecule has 1 aromatic heterocycles. The van der Waals surface area contributed by atoms with Crippen LogP contribution in [0, 0.1) is 6.92 Å². The van der Waals surface area contributed by atoms with Crippen molar-refractivity contribution in [3.05, 3.63) is 53.7 Å².